The molecule has 0 unspecified atom stereocenters. The van der Waals surface area contributed by atoms with E-state index in [1.165, 1.54) is 0 Å². The Bertz CT molecular complexity index is 754. The molecule has 0 aromatic heterocycles. The Morgan fingerprint density at radius 3 is 1.60 bits per heavy atom. The molecular formula is C22H34B2O6. The molecule has 0 radical (unpaired) electrons. The molecule has 3 aliphatic heterocycles. The van der Waals surface area contributed by atoms with Gasteiger partial charge in [0, 0.05) is 5.72 Å². The van der Waals surface area contributed by atoms with Crippen molar-refractivity contribution in [3.05, 3.63) is 23.8 Å². The summed E-state index contributed by atoms with van der Waals surface area (Å²) in [5.41, 5.74) is -0.814. The van der Waals surface area contributed by atoms with Crippen molar-refractivity contribution in [2.24, 2.45) is 0 Å². The van der Waals surface area contributed by atoms with Gasteiger partial charge in [0.2, 0.25) is 6.79 Å². The second-order valence-corrected chi connectivity index (χ2v) is 10.7. The molecule has 0 saturated carbocycles. The Hall–Kier alpha value is -1.21. The Morgan fingerprint density at radius 2 is 1.13 bits per heavy atom. The third kappa shape index (κ3) is 3.46. The highest BCUT2D eigenvalue weighted by atomic mass is 16.7. The molecule has 3 heterocycles. The fraction of sp³-hybridized carbons (Fsp3) is 0.727. The zero-order valence-corrected chi connectivity index (χ0v) is 19.7. The van der Waals surface area contributed by atoms with E-state index in [1.54, 1.807) is 0 Å². The van der Waals surface area contributed by atoms with Crippen LogP contribution in [-0.2, 0) is 18.6 Å². The van der Waals surface area contributed by atoms with Crippen molar-refractivity contribution in [1.82, 2.24) is 0 Å². The lowest BCUT2D eigenvalue weighted by Crippen LogP contribution is -2.41. The van der Waals surface area contributed by atoms with Gasteiger partial charge in [-0.15, -0.1) is 0 Å². The SMILES string of the molecule is C[C@@H](c1ccc2c(c1)OCO2)C(B1OC(C)(C)C(C)(C)O1)B1OC(C)(C)C(C)(C)O1. The van der Waals surface area contributed by atoms with Crippen molar-refractivity contribution in [3.63, 3.8) is 0 Å². The molecule has 2 saturated heterocycles. The molecule has 1 aromatic carbocycles. The van der Waals surface area contributed by atoms with E-state index in [1.807, 2.05) is 12.1 Å². The monoisotopic (exact) mass is 416 g/mol. The van der Waals surface area contributed by atoms with Crippen LogP contribution >= 0.6 is 0 Å². The molecule has 1 atom stereocenters. The summed E-state index contributed by atoms with van der Waals surface area (Å²) < 4.78 is 37.0. The maximum absolute atomic E-state index is 6.47. The smallest absolute Gasteiger partial charge is 0.454 e. The van der Waals surface area contributed by atoms with Crippen LogP contribution in [0.2, 0.25) is 5.72 Å². The topological polar surface area (TPSA) is 55.4 Å². The van der Waals surface area contributed by atoms with Gasteiger partial charge in [-0.2, -0.15) is 0 Å². The van der Waals surface area contributed by atoms with E-state index in [-0.39, 0.29) is 18.4 Å². The Balaban J connectivity index is 1.69. The number of fused-ring (bicyclic) bond motifs is 1. The van der Waals surface area contributed by atoms with Crippen molar-refractivity contribution in [1.29, 1.82) is 0 Å². The summed E-state index contributed by atoms with van der Waals surface area (Å²) in [6.45, 7) is 19.0. The van der Waals surface area contributed by atoms with Crippen LogP contribution in [0.1, 0.15) is 73.8 Å². The first-order valence-corrected chi connectivity index (χ1v) is 10.8. The van der Waals surface area contributed by atoms with Gasteiger partial charge in [0.15, 0.2) is 11.5 Å². The van der Waals surface area contributed by atoms with E-state index < -0.39 is 36.6 Å². The van der Waals surface area contributed by atoms with Crippen LogP contribution in [0.5, 0.6) is 11.5 Å². The molecule has 0 N–H and O–H groups in total. The number of ether oxygens (including phenoxy) is 2. The lowest BCUT2D eigenvalue weighted by Gasteiger charge is -2.32. The fourth-order valence-corrected chi connectivity index (χ4v) is 4.11. The van der Waals surface area contributed by atoms with E-state index >= 15 is 0 Å². The second-order valence-electron chi connectivity index (χ2n) is 10.7. The van der Waals surface area contributed by atoms with Crippen molar-refractivity contribution in [2.75, 3.05) is 6.79 Å². The quantitative estimate of drug-likeness (QED) is 0.669. The van der Waals surface area contributed by atoms with Gasteiger partial charge in [-0.25, -0.2) is 0 Å². The molecule has 1 aromatic rings. The van der Waals surface area contributed by atoms with Gasteiger partial charge >= 0.3 is 14.2 Å². The summed E-state index contributed by atoms with van der Waals surface area (Å²) >= 11 is 0. The fourth-order valence-electron chi connectivity index (χ4n) is 4.11. The molecule has 0 spiro atoms. The lowest BCUT2D eigenvalue weighted by molar-refractivity contribution is 0.00578. The highest BCUT2D eigenvalue weighted by molar-refractivity contribution is 6.68. The summed E-state index contributed by atoms with van der Waals surface area (Å²) in [4.78, 5) is 0. The molecule has 3 aliphatic rings. The van der Waals surface area contributed by atoms with Gasteiger partial charge in [0.25, 0.3) is 0 Å². The van der Waals surface area contributed by atoms with Crippen LogP contribution in [-0.4, -0.2) is 43.4 Å². The molecule has 0 amide bonds. The standard InChI is InChI=1S/C22H34B2O6/c1-14(15-10-11-16-17(12-15)26-13-25-16)18(23-27-19(2,3)20(4,5)28-23)24-29-21(6,7)22(8,9)30-24/h10-12,14,18H,13H2,1-9H3/t14-/m0/s1. The molecule has 8 heteroatoms. The van der Waals surface area contributed by atoms with Crippen molar-refractivity contribution >= 4 is 14.2 Å². The van der Waals surface area contributed by atoms with Gasteiger partial charge in [-0.1, -0.05) is 13.0 Å². The average molecular weight is 416 g/mol. The Labute approximate surface area is 181 Å². The van der Waals surface area contributed by atoms with Gasteiger partial charge in [0.05, 0.1) is 22.4 Å². The van der Waals surface area contributed by atoms with E-state index in [0.717, 1.165) is 17.1 Å². The summed E-state index contributed by atoms with van der Waals surface area (Å²) in [5, 5.41) is 0. The first-order chi connectivity index (χ1) is 13.7. The van der Waals surface area contributed by atoms with Gasteiger partial charge in [0.1, 0.15) is 0 Å². The first-order valence-electron chi connectivity index (χ1n) is 10.8. The van der Waals surface area contributed by atoms with Crippen molar-refractivity contribution < 1.29 is 28.1 Å². The lowest BCUT2D eigenvalue weighted by atomic mass is 9.46. The van der Waals surface area contributed by atoms with Crippen LogP contribution in [0.15, 0.2) is 18.2 Å². The second kappa shape index (κ2) is 6.89. The van der Waals surface area contributed by atoms with E-state index in [0.29, 0.717) is 0 Å². The third-order valence-corrected chi connectivity index (χ3v) is 7.67. The predicted octanol–water partition coefficient (Wildman–Crippen LogP) is 4.61. The maximum Gasteiger partial charge on any atom is 0.459 e. The summed E-state index contributed by atoms with van der Waals surface area (Å²) in [5.74, 6) is 1.57. The minimum Gasteiger partial charge on any atom is -0.454 e. The maximum atomic E-state index is 6.47. The van der Waals surface area contributed by atoms with Crippen LogP contribution in [0.25, 0.3) is 0 Å². The van der Waals surface area contributed by atoms with E-state index in [2.05, 4.69) is 68.4 Å². The molecular weight excluding hydrogens is 382 g/mol. The molecule has 0 bridgehead atoms. The largest absolute Gasteiger partial charge is 0.459 e. The highest BCUT2D eigenvalue weighted by Gasteiger charge is 2.63. The molecule has 0 aliphatic carbocycles. The van der Waals surface area contributed by atoms with E-state index in [9.17, 15) is 0 Å². The molecule has 164 valence electrons. The van der Waals surface area contributed by atoms with Crippen LogP contribution in [0, 0.1) is 0 Å². The van der Waals surface area contributed by atoms with E-state index in [4.69, 9.17) is 28.1 Å². The third-order valence-electron chi connectivity index (χ3n) is 7.67. The number of benzene rings is 1. The summed E-state index contributed by atoms with van der Waals surface area (Å²) in [7, 11) is -0.935. The summed E-state index contributed by atoms with van der Waals surface area (Å²) in [6, 6.07) is 6.07. The van der Waals surface area contributed by atoms with Gasteiger partial charge in [-0.3, -0.25) is 0 Å². The predicted molar refractivity (Wildman–Crippen MR) is 117 cm³/mol. The minimum atomic E-state index is -0.467. The van der Waals surface area contributed by atoms with Crippen molar-refractivity contribution in [2.45, 2.75) is 96.4 Å². The zero-order valence-electron chi connectivity index (χ0n) is 19.7. The van der Waals surface area contributed by atoms with Crippen LogP contribution in [0.3, 0.4) is 0 Å². The van der Waals surface area contributed by atoms with Gasteiger partial charge in [-0.05, 0) is 79.0 Å². The van der Waals surface area contributed by atoms with Gasteiger partial charge < -0.3 is 28.1 Å². The average Bonchev–Trinajstić information content (AvgIpc) is 3.20. The number of rotatable bonds is 4. The normalized spacial score (nSPS) is 26.5. The number of hydrogen-bond donors (Lipinski definition) is 0. The Morgan fingerprint density at radius 1 is 0.700 bits per heavy atom. The summed E-state index contributed by atoms with van der Waals surface area (Å²) in [6.07, 6.45) is 0. The highest BCUT2D eigenvalue weighted by Crippen LogP contribution is 2.50. The zero-order chi connectivity index (χ0) is 22.1. The number of hydrogen-bond acceptors (Lipinski definition) is 6. The van der Waals surface area contributed by atoms with Crippen molar-refractivity contribution in [3.8, 4) is 11.5 Å². The van der Waals surface area contributed by atoms with Crippen LogP contribution < -0.4 is 9.47 Å². The molecule has 2 fully saturated rings. The first kappa shape index (κ1) is 22.0. The Kier molecular flexibility index (Phi) is 5.06. The van der Waals surface area contributed by atoms with Crippen LogP contribution in [0.4, 0.5) is 0 Å². The molecule has 6 nitrogen and oxygen atoms in total. The molecule has 30 heavy (non-hydrogen) atoms. The minimum absolute atomic E-state index is 0.0314. The molecule has 4 rings (SSSR count).